The monoisotopic (exact) mass is 253 g/mol. The van der Waals surface area contributed by atoms with Crippen LogP contribution < -0.4 is 5.32 Å². The van der Waals surface area contributed by atoms with Gasteiger partial charge in [0.05, 0.1) is 0 Å². The molecule has 0 aromatic carbocycles. The Balaban J connectivity index is 1.31. The van der Waals surface area contributed by atoms with Crippen molar-refractivity contribution in [1.82, 2.24) is 5.32 Å². The first kappa shape index (κ1) is 12.9. The number of ether oxygens (including phenoxy) is 1. The molecule has 2 aliphatic heterocycles. The first-order valence-electron chi connectivity index (χ1n) is 7.85. The molecule has 104 valence electrons. The quantitative estimate of drug-likeness (QED) is 0.714. The highest BCUT2D eigenvalue weighted by Crippen LogP contribution is 2.33. The number of piperidine rings is 1. The molecule has 3 rings (SSSR count). The molecule has 3 atom stereocenters. The van der Waals surface area contributed by atoms with Gasteiger partial charge >= 0.3 is 0 Å². The second-order valence-electron chi connectivity index (χ2n) is 6.62. The molecule has 3 fully saturated rings. The molecule has 2 saturated heterocycles. The summed E-state index contributed by atoms with van der Waals surface area (Å²) in [6, 6.07) is 1.44. The third kappa shape index (κ3) is 3.25. The van der Waals surface area contributed by atoms with Crippen molar-refractivity contribution in [3.8, 4) is 0 Å². The smallest absolute Gasteiger partial charge is 0.154 e. The second-order valence-corrected chi connectivity index (χ2v) is 6.62. The second kappa shape index (κ2) is 5.89. The number of hydrogen-bond acceptors (Lipinski definition) is 3. The van der Waals surface area contributed by atoms with Crippen LogP contribution in [-0.2, 0) is 4.74 Å². The van der Waals surface area contributed by atoms with E-state index in [1.807, 2.05) is 0 Å². The molecule has 0 radical (unpaired) electrons. The van der Waals surface area contributed by atoms with E-state index in [9.17, 15) is 5.11 Å². The number of hydrogen-bond donors (Lipinski definition) is 2. The van der Waals surface area contributed by atoms with Crippen LogP contribution in [0.1, 0.15) is 57.8 Å². The Hall–Kier alpha value is -0.120. The third-order valence-electron chi connectivity index (χ3n) is 5.17. The molecule has 3 aliphatic rings. The van der Waals surface area contributed by atoms with E-state index in [0.29, 0.717) is 5.92 Å². The molecule has 2 N–H and O–H groups in total. The maximum atomic E-state index is 9.96. The fourth-order valence-corrected chi connectivity index (χ4v) is 3.87. The average Bonchev–Trinajstić information content (AvgIpc) is 2.62. The number of rotatable bonds is 6. The Labute approximate surface area is 110 Å². The van der Waals surface area contributed by atoms with Gasteiger partial charge in [-0.1, -0.05) is 19.3 Å². The lowest BCUT2D eigenvalue weighted by molar-refractivity contribution is -0.117. The predicted molar refractivity (Wildman–Crippen MR) is 71.2 cm³/mol. The summed E-state index contributed by atoms with van der Waals surface area (Å²) < 4.78 is 5.58. The van der Waals surface area contributed by atoms with Crippen molar-refractivity contribution in [3.05, 3.63) is 0 Å². The maximum absolute atomic E-state index is 9.96. The zero-order valence-electron chi connectivity index (χ0n) is 11.3. The fraction of sp³-hybridized carbons (Fsp3) is 1.00. The molecule has 3 nitrogen and oxygen atoms in total. The topological polar surface area (TPSA) is 41.5 Å². The Morgan fingerprint density at radius 1 is 1.06 bits per heavy atom. The van der Waals surface area contributed by atoms with Gasteiger partial charge in [-0.3, -0.25) is 0 Å². The first-order valence-corrected chi connectivity index (χ1v) is 7.85. The van der Waals surface area contributed by atoms with Gasteiger partial charge in [-0.2, -0.15) is 0 Å². The molecule has 1 aliphatic carbocycles. The summed E-state index contributed by atoms with van der Waals surface area (Å²) >= 11 is 0. The van der Waals surface area contributed by atoms with E-state index in [4.69, 9.17) is 4.74 Å². The lowest BCUT2D eigenvalue weighted by atomic mass is 9.83. The minimum Gasteiger partial charge on any atom is -0.368 e. The van der Waals surface area contributed by atoms with Crippen molar-refractivity contribution in [2.24, 2.45) is 11.8 Å². The molecule has 0 aromatic heterocycles. The largest absolute Gasteiger partial charge is 0.368 e. The Morgan fingerprint density at radius 2 is 1.78 bits per heavy atom. The maximum Gasteiger partial charge on any atom is 0.154 e. The lowest BCUT2D eigenvalue weighted by Crippen LogP contribution is -2.39. The van der Waals surface area contributed by atoms with Gasteiger partial charge in [0.15, 0.2) is 6.29 Å². The molecule has 0 spiro atoms. The summed E-state index contributed by atoms with van der Waals surface area (Å²) in [7, 11) is 0. The van der Waals surface area contributed by atoms with Gasteiger partial charge in [0.25, 0.3) is 0 Å². The number of nitrogens with one attached hydrogen (secondary N) is 1. The van der Waals surface area contributed by atoms with Crippen LogP contribution in [-0.4, -0.2) is 30.1 Å². The van der Waals surface area contributed by atoms with Crippen LogP contribution in [0.4, 0.5) is 0 Å². The number of aliphatic hydroxyl groups is 1. The minimum absolute atomic E-state index is 0.521. The summed E-state index contributed by atoms with van der Waals surface area (Å²) in [5.74, 6) is 1.55. The average molecular weight is 253 g/mol. The van der Waals surface area contributed by atoms with Gasteiger partial charge in [-0.25, -0.2) is 0 Å². The van der Waals surface area contributed by atoms with Crippen LogP contribution in [0.25, 0.3) is 0 Å². The fourth-order valence-electron chi connectivity index (χ4n) is 3.87. The number of aliphatic hydroxyl groups excluding tert-OH is 1. The lowest BCUT2D eigenvalue weighted by Gasteiger charge is -2.30. The molecule has 2 bridgehead atoms. The van der Waals surface area contributed by atoms with Gasteiger partial charge in [0, 0.05) is 25.1 Å². The highest BCUT2D eigenvalue weighted by molar-refractivity contribution is 4.92. The van der Waals surface area contributed by atoms with Gasteiger partial charge in [-0.05, 0) is 43.9 Å². The van der Waals surface area contributed by atoms with E-state index in [-0.39, 0.29) is 0 Å². The first-order chi connectivity index (χ1) is 8.79. The van der Waals surface area contributed by atoms with Crippen LogP contribution in [0.3, 0.4) is 0 Å². The van der Waals surface area contributed by atoms with Crippen molar-refractivity contribution in [2.75, 3.05) is 6.61 Å². The summed E-state index contributed by atoms with van der Waals surface area (Å²) in [5, 5.41) is 13.6. The van der Waals surface area contributed by atoms with Crippen molar-refractivity contribution in [2.45, 2.75) is 76.2 Å². The standard InChI is InChI=1S/C15H27NO2/c17-15(18-7-6-11-2-1-3-11)10-12-8-13-4-5-14(9-12)16-13/h11-17H,1-10H2. The molecule has 1 saturated carbocycles. The van der Waals surface area contributed by atoms with E-state index < -0.39 is 6.29 Å². The van der Waals surface area contributed by atoms with Crippen LogP contribution in [0.2, 0.25) is 0 Å². The third-order valence-corrected chi connectivity index (χ3v) is 5.17. The highest BCUT2D eigenvalue weighted by atomic mass is 16.6. The van der Waals surface area contributed by atoms with Crippen molar-refractivity contribution in [1.29, 1.82) is 0 Å². The molecular formula is C15H27NO2. The van der Waals surface area contributed by atoms with Crippen LogP contribution in [0, 0.1) is 11.8 Å². The molecule has 0 amide bonds. The summed E-state index contributed by atoms with van der Waals surface area (Å²) in [4.78, 5) is 0. The predicted octanol–water partition coefficient (Wildman–Crippen LogP) is 2.43. The van der Waals surface area contributed by atoms with Gasteiger partial charge in [-0.15, -0.1) is 0 Å². The summed E-state index contributed by atoms with van der Waals surface area (Å²) in [6.07, 6.45) is 10.7. The van der Waals surface area contributed by atoms with Gasteiger partial charge in [0.1, 0.15) is 0 Å². The Kier molecular flexibility index (Phi) is 4.22. The summed E-state index contributed by atoms with van der Waals surface area (Å²) in [6.45, 7) is 0.754. The molecule has 3 unspecified atom stereocenters. The minimum atomic E-state index is -0.521. The summed E-state index contributed by atoms with van der Waals surface area (Å²) in [5.41, 5.74) is 0. The Morgan fingerprint density at radius 3 is 2.39 bits per heavy atom. The zero-order valence-corrected chi connectivity index (χ0v) is 11.3. The van der Waals surface area contributed by atoms with Crippen molar-refractivity contribution >= 4 is 0 Å². The van der Waals surface area contributed by atoms with Crippen LogP contribution in [0.15, 0.2) is 0 Å². The molecule has 2 heterocycles. The SMILES string of the molecule is OC(CC1CC2CCC(C1)N2)OCCC1CCC1. The van der Waals surface area contributed by atoms with Crippen LogP contribution >= 0.6 is 0 Å². The molecule has 3 heteroatoms. The number of fused-ring (bicyclic) bond motifs is 2. The molecular weight excluding hydrogens is 226 g/mol. The highest BCUT2D eigenvalue weighted by Gasteiger charge is 2.34. The van der Waals surface area contributed by atoms with Gasteiger partial charge in [0.2, 0.25) is 0 Å². The van der Waals surface area contributed by atoms with Crippen LogP contribution in [0.5, 0.6) is 0 Å². The zero-order chi connectivity index (χ0) is 12.4. The van der Waals surface area contributed by atoms with E-state index in [0.717, 1.165) is 37.5 Å². The van der Waals surface area contributed by atoms with E-state index in [1.165, 1.54) is 44.9 Å². The molecule has 18 heavy (non-hydrogen) atoms. The van der Waals surface area contributed by atoms with Crippen molar-refractivity contribution in [3.63, 3.8) is 0 Å². The van der Waals surface area contributed by atoms with E-state index in [2.05, 4.69) is 5.32 Å². The Bertz CT molecular complexity index is 255. The normalized spacial score (nSPS) is 37.5. The van der Waals surface area contributed by atoms with Gasteiger partial charge < -0.3 is 15.2 Å². The van der Waals surface area contributed by atoms with E-state index >= 15 is 0 Å². The van der Waals surface area contributed by atoms with E-state index in [1.54, 1.807) is 0 Å². The molecule has 0 aromatic rings. The van der Waals surface area contributed by atoms with Crippen molar-refractivity contribution < 1.29 is 9.84 Å².